The quantitative estimate of drug-likeness (QED) is 0.891. The molecule has 5 nitrogen and oxygen atoms in total. The van der Waals surface area contributed by atoms with Gasteiger partial charge in [-0.05, 0) is 23.8 Å². The van der Waals surface area contributed by atoms with Gasteiger partial charge in [0.2, 0.25) is 0 Å². The monoisotopic (exact) mass is 245 g/mol. The maximum absolute atomic E-state index is 12.9. The topological polar surface area (TPSA) is 78.9 Å². The number of halogens is 1. The van der Waals surface area contributed by atoms with Crippen LogP contribution < -0.4 is 0 Å². The van der Waals surface area contributed by atoms with Gasteiger partial charge in [0.25, 0.3) is 0 Å². The highest BCUT2D eigenvalue weighted by Crippen LogP contribution is 2.12. The number of hydrogen-bond donors (Lipinski definition) is 1. The molecule has 0 aliphatic rings. The number of rotatable bonds is 3. The molecule has 0 saturated carbocycles. The lowest BCUT2D eigenvalue weighted by atomic mass is 10.1. The summed E-state index contributed by atoms with van der Waals surface area (Å²) in [5.74, 6) is -1.60. The summed E-state index contributed by atoms with van der Waals surface area (Å²) in [5, 5.41) is 21.4. The maximum Gasteiger partial charge on any atom is 0.356 e. The van der Waals surface area contributed by atoms with Gasteiger partial charge in [0.05, 0.1) is 18.2 Å². The first-order valence-electron chi connectivity index (χ1n) is 5.05. The third-order valence-corrected chi connectivity index (χ3v) is 2.38. The van der Waals surface area contributed by atoms with Crippen molar-refractivity contribution in [1.29, 1.82) is 5.26 Å². The van der Waals surface area contributed by atoms with Gasteiger partial charge >= 0.3 is 5.97 Å². The molecule has 0 aliphatic heterocycles. The molecule has 0 fully saturated rings. The second-order valence-corrected chi connectivity index (χ2v) is 3.62. The lowest BCUT2D eigenvalue weighted by molar-refractivity contribution is 0.0689. The number of aromatic nitrogens is 2. The number of hydrogen-bond acceptors (Lipinski definition) is 3. The van der Waals surface area contributed by atoms with Gasteiger partial charge in [0, 0.05) is 6.20 Å². The lowest BCUT2D eigenvalue weighted by Crippen LogP contribution is -2.05. The fourth-order valence-electron chi connectivity index (χ4n) is 1.53. The molecule has 2 rings (SSSR count). The van der Waals surface area contributed by atoms with E-state index in [-0.39, 0.29) is 17.8 Å². The largest absolute Gasteiger partial charge is 0.476 e. The van der Waals surface area contributed by atoms with Crippen LogP contribution in [0.5, 0.6) is 0 Å². The van der Waals surface area contributed by atoms with Crippen LogP contribution in [0.1, 0.15) is 21.6 Å². The molecule has 0 bridgehead atoms. The van der Waals surface area contributed by atoms with Gasteiger partial charge in [-0.2, -0.15) is 10.4 Å². The zero-order valence-electron chi connectivity index (χ0n) is 9.17. The normalized spacial score (nSPS) is 10.0. The molecule has 0 spiro atoms. The van der Waals surface area contributed by atoms with E-state index in [2.05, 4.69) is 5.10 Å². The smallest absolute Gasteiger partial charge is 0.356 e. The van der Waals surface area contributed by atoms with E-state index in [0.29, 0.717) is 5.56 Å². The molecule has 6 heteroatoms. The van der Waals surface area contributed by atoms with Gasteiger partial charge in [-0.3, -0.25) is 4.68 Å². The summed E-state index contributed by atoms with van der Waals surface area (Å²) in [4.78, 5) is 10.7. The molecule has 0 unspecified atom stereocenters. The van der Waals surface area contributed by atoms with Crippen LogP contribution in [0.25, 0.3) is 0 Å². The first-order chi connectivity index (χ1) is 8.60. The molecule has 90 valence electrons. The van der Waals surface area contributed by atoms with Gasteiger partial charge in [-0.1, -0.05) is 6.07 Å². The van der Waals surface area contributed by atoms with Crippen LogP contribution in [0.4, 0.5) is 4.39 Å². The minimum absolute atomic E-state index is 0.0735. The molecular formula is C12H8FN3O2. The number of aromatic carboxylic acids is 1. The van der Waals surface area contributed by atoms with E-state index in [1.165, 1.54) is 29.1 Å². The van der Waals surface area contributed by atoms with Gasteiger partial charge in [0.15, 0.2) is 5.69 Å². The van der Waals surface area contributed by atoms with Crippen LogP contribution >= 0.6 is 0 Å². The van der Waals surface area contributed by atoms with Crippen molar-refractivity contribution in [2.75, 3.05) is 0 Å². The summed E-state index contributed by atoms with van der Waals surface area (Å²) in [6, 6.07) is 7.11. The van der Waals surface area contributed by atoms with Crippen molar-refractivity contribution in [2.24, 2.45) is 0 Å². The van der Waals surface area contributed by atoms with Crippen LogP contribution in [-0.2, 0) is 6.54 Å². The Balaban J connectivity index is 2.28. The highest BCUT2D eigenvalue weighted by molar-refractivity contribution is 5.85. The molecule has 0 aliphatic carbocycles. The molecule has 1 aromatic carbocycles. The Hall–Kier alpha value is -2.68. The van der Waals surface area contributed by atoms with E-state index < -0.39 is 11.8 Å². The molecule has 0 atom stereocenters. The van der Waals surface area contributed by atoms with E-state index in [4.69, 9.17) is 10.4 Å². The van der Waals surface area contributed by atoms with Crippen LogP contribution in [0, 0.1) is 17.1 Å². The fraction of sp³-hybridized carbons (Fsp3) is 0.0833. The molecule has 2 aromatic rings. The number of carboxylic acid groups (broad SMARTS) is 1. The number of nitrogens with zero attached hydrogens (tertiary/aromatic N) is 3. The average Bonchev–Trinajstić information content (AvgIpc) is 2.80. The standard InChI is InChI=1S/C12H8FN3O2/c13-10-2-1-8(9(5-10)6-14)7-16-4-3-11(15-16)12(17)18/h1-5H,7H2,(H,17,18). The zero-order valence-corrected chi connectivity index (χ0v) is 9.17. The summed E-state index contributed by atoms with van der Waals surface area (Å²) in [6.07, 6.45) is 1.49. The second-order valence-electron chi connectivity index (χ2n) is 3.62. The van der Waals surface area contributed by atoms with E-state index in [0.717, 1.165) is 6.07 Å². The Morgan fingerprint density at radius 2 is 2.28 bits per heavy atom. The third-order valence-electron chi connectivity index (χ3n) is 2.38. The van der Waals surface area contributed by atoms with Crippen molar-refractivity contribution in [3.8, 4) is 6.07 Å². The van der Waals surface area contributed by atoms with Crippen molar-refractivity contribution in [2.45, 2.75) is 6.54 Å². The highest BCUT2D eigenvalue weighted by Gasteiger charge is 2.09. The van der Waals surface area contributed by atoms with Crippen molar-refractivity contribution >= 4 is 5.97 Å². The Morgan fingerprint density at radius 1 is 1.50 bits per heavy atom. The van der Waals surface area contributed by atoms with Crippen LogP contribution in [-0.4, -0.2) is 20.9 Å². The highest BCUT2D eigenvalue weighted by atomic mass is 19.1. The number of nitriles is 1. The number of carboxylic acids is 1. The molecule has 1 N–H and O–H groups in total. The predicted octanol–water partition coefficient (Wildman–Crippen LogP) is 1.64. The van der Waals surface area contributed by atoms with Crippen molar-refractivity contribution in [1.82, 2.24) is 9.78 Å². The molecule has 0 radical (unpaired) electrons. The van der Waals surface area contributed by atoms with E-state index in [1.54, 1.807) is 0 Å². The Bertz CT molecular complexity index is 643. The summed E-state index contributed by atoms with van der Waals surface area (Å²) in [7, 11) is 0. The third kappa shape index (κ3) is 2.35. The zero-order chi connectivity index (χ0) is 13.1. The van der Waals surface area contributed by atoms with Crippen LogP contribution in [0.15, 0.2) is 30.5 Å². The SMILES string of the molecule is N#Cc1cc(F)ccc1Cn1ccc(C(=O)O)n1. The van der Waals surface area contributed by atoms with Crippen molar-refractivity contribution < 1.29 is 14.3 Å². The fourth-order valence-corrected chi connectivity index (χ4v) is 1.53. The minimum Gasteiger partial charge on any atom is -0.476 e. The summed E-state index contributed by atoms with van der Waals surface area (Å²) < 4.78 is 14.3. The summed E-state index contributed by atoms with van der Waals surface area (Å²) in [6.45, 7) is 0.219. The number of carbonyl (C=O) groups is 1. The molecule has 0 amide bonds. The Morgan fingerprint density at radius 3 is 2.89 bits per heavy atom. The van der Waals surface area contributed by atoms with E-state index >= 15 is 0 Å². The van der Waals surface area contributed by atoms with E-state index in [1.807, 2.05) is 6.07 Å². The van der Waals surface area contributed by atoms with Gasteiger partial charge in [-0.15, -0.1) is 0 Å². The minimum atomic E-state index is -1.12. The first-order valence-corrected chi connectivity index (χ1v) is 5.05. The molecule has 18 heavy (non-hydrogen) atoms. The van der Waals surface area contributed by atoms with Crippen LogP contribution in [0.2, 0.25) is 0 Å². The van der Waals surface area contributed by atoms with Crippen molar-refractivity contribution in [3.63, 3.8) is 0 Å². The Kier molecular flexibility index (Phi) is 3.06. The first kappa shape index (κ1) is 11.8. The number of benzene rings is 1. The van der Waals surface area contributed by atoms with Crippen molar-refractivity contribution in [3.05, 3.63) is 53.1 Å². The van der Waals surface area contributed by atoms with Gasteiger partial charge in [0.1, 0.15) is 5.82 Å². The average molecular weight is 245 g/mol. The summed E-state index contributed by atoms with van der Waals surface area (Å²) >= 11 is 0. The Labute approximate surface area is 102 Å². The van der Waals surface area contributed by atoms with Gasteiger partial charge in [-0.25, -0.2) is 9.18 Å². The predicted molar refractivity (Wildman–Crippen MR) is 59.4 cm³/mol. The molecular weight excluding hydrogens is 237 g/mol. The maximum atomic E-state index is 12.9. The molecule has 0 saturated heterocycles. The molecule has 1 aromatic heterocycles. The van der Waals surface area contributed by atoms with Crippen LogP contribution in [0.3, 0.4) is 0 Å². The van der Waals surface area contributed by atoms with E-state index in [9.17, 15) is 9.18 Å². The second kappa shape index (κ2) is 4.67. The lowest BCUT2D eigenvalue weighted by Gasteiger charge is -2.04. The molecule has 1 heterocycles. The van der Waals surface area contributed by atoms with Gasteiger partial charge < -0.3 is 5.11 Å². The summed E-state index contributed by atoms with van der Waals surface area (Å²) in [5.41, 5.74) is 0.719.